The van der Waals surface area contributed by atoms with Crippen molar-refractivity contribution in [3.05, 3.63) is 0 Å². The molecule has 0 heterocycles. The third kappa shape index (κ3) is 3.48. The van der Waals surface area contributed by atoms with E-state index in [1.807, 2.05) is 6.92 Å². The number of hydrogen-bond donors (Lipinski definition) is 2. The zero-order valence-corrected chi connectivity index (χ0v) is 10.5. The molecule has 0 aromatic carbocycles. The summed E-state index contributed by atoms with van der Waals surface area (Å²) in [4.78, 5) is 24.2. The maximum Gasteiger partial charge on any atom is 0.323 e. The lowest BCUT2D eigenvalue weighted by Crippen LogP contribution is -2.50. The molecule has 0 aliphatic rings. The Kier molecular flexibility index (Phi) is 5.44. The number of aliphatic carboxylic acids is 1. The molecule has 0 saturated heterocycles. The monoisotopic (exact) mass is 230 g/mol. The van der Waals surface area contributed by atoms with Crippen LogP contribution >= 0.6 is 0 Å². The number of nitrogens with two attached hydrogens (primary N) is 1. The quantitative estimate of drug-likeness (QED) is 0.703. The molecule has 1 amide bonds. The van der Waals surface area contributed by atoms with Gasteiger partial charge in [-0.3, -0.25) is 9.59 Å². The number of amides is 1. The normalized spacial score (nSPS) is 14.6. The summed E-state index contributed by atoms with van der Waals surface area (Å²) in [6, 6.07) is -0.138. The lowest BCUT2D eigenvalue weighted by atomic mass is 9.85. The number of rotatable bonds is 6. The van der Waals surface area contributed by atoms with Crippen LogP contribution in [0.5, 0.6) is 0 Å². The molecule has 3 N–H and O–H groups in total. The number of carboxylic acids is 1. The second-order valence-electron chi connectivity index (χ2n) is 4.54. The first-order valence-electron chi connectivity index (χ1n) is 5.51. The third-order valence-corrected chi connectivity index (χ3v) is 2.94. The lowest BCUT2D eigenvalue weighted by Gasteiger charge is -2.34. The number of carbonyl (C=O) groups is 2. The summed E-state index contributed by atoms with van der Waals surface area (Å²) in [6.07, 6.45) is 0.602. The van der Waals surface area contributed by atoms with Gasteiger partial charge in [0.25, 0.3) is 0 Å². The number of nitrogens with zero attached hydrogens (tertiary/aromatic N) is 1. The van der Waals surface area contributed by atoms with E-state index in [-0.39, 0.29) is 25.0 Å². The lowest BCUT2D eigenvalue weighted by molar-refractivity contribution is -0.151. The van der Waals surface area contributed by atoms with Gasteiger partial charge >= 0.3 is 5.97 Å². The number of carbonyl (C=O) groups excluding carboxylic acids is 1. The largest absolute Gasteiger partial charge is 0.480 e. The van der Waals surface area contributed by atoms with E-state index < -0.39 is 11.4 Å². The Balaban J connectivity index is 4.93. The zero-order valence-electron chi connectivity index (χ0n) is 10.5. The molecule has 0 aliphatic carbocycles. The Bertz CT molecular complexity index is 260. The summed E-state index contributed by atoms with van der Waals surface area (Å²) in [5.41, 5.74) is 4.93. The maximum atomic E-state index is 12.2. The summed E-state index contributed by atoms with van der Waals surface area (Å²) >= 11 is 0. The van der Waals surface area contributed by atoms with Gasteiger partial charge in [-0.1, -0.05) is 6.92 Å². The van der Waals surface area contributed by atoms with E-state index in [1.54, 1.807) is 20.8 Å². The van der Waals surface area contributed by atoms with Crippen molar-refractivity contribution in [3.63, 3.8) is 0 Å². The van der Waals surface area contributed by atoms with E-state index in [2.05, 4.69) is 0 Å². The molecular formula is C11H22N2O3. The van der Waals surface area contributed by atoms with Gasteiger partial charge in [0.05, 0.1) is 5.41 Å². The highest BCUT2D eigenvalue weighted by molar-refractivity contribution is 5.86. The van der Waals surface area contributed by atoms with Crippen molar-refractivity contribution in [2.45, 2.75) is 40.2 Å². The van der Waals surface area contributed by atoms with Gasteiger partial charge in [-0.25, -0.2) is 0 Å². The predicted molar refractivity (Wildman–Crippen MR) is 61.9 cm³/mol. The first-order valence-corrected chi connectivity index (χ1v) is 5.51. The van der Waals surface area contributed by atoms with E-state index in [0.717, 1.165) is 0 Å². The smallest absolute Gasteiger partial charge is 0.323 e. The average molecular weight is 230 g/mol. The van der Waals surface area contributed by atoms with Gasteiger partial charge in [-0.05, 0) is 27.2 Å². The van der Waals surface area contributed by atoms with Crippen LogP contribution in [0, 0.1) is 5.41 Å². The summed E-state index contributed by atoms with van der Waals surface area (Å²) in [5, 5.41) is 8.77. The molecule has 0 fully saturated rings. The second kappa shape index (κ2) is 5.84. The van der Waals surface area contributed by atoms with Crippen molar-refractivity contribution in [1.29, 1.82) is 0 Å². The predicted octanol–water partition coefficient (Wildman–Crippen LogP) is 0.683. The van der Waals surface area contributed by atoms with E-state index in [1.165, 1.54) is 4.90 Å². The van der Waals surface area contributed by atoms with Crippen molar-refractivity contribution < 1.29 is 14.7 Å². The van der Waals surface area contributed by atoms with Crippen LogP contribution in [0.4, 0.5) is 0 Å². The highest BCUT2D eigenvalue weighted by Gasteiger charge is 2.35. The number of hydrogen-bond acceptors (Lipinski definition) is 3. The average Bonchev–Trinajstić information content (AvgIpc) is 2.23. The summed E-state index contributed by atoms with van der Waals surface area (Å²) in [6.45, 7) is 7.20. The van der Waals surface area contributed by atoms with Gasteiger partial charge in [-0.15, -0.1) is 0 Å². The van der Waals surface area contributed by atoms with Crippen molar-refractivity contribution in [2.24, 2.45) is 11.1 Å². The van der Waals surface area contributed by atoms with Crippen molar-refractivity contribution in [3.8, 4) is 0 Å². The second-order valence-corrected chi connectivity index (χ2v) is 4.54. The van der Waals surface area contributed by atoms with Crippen LogP contribution in [0.3, 0.4) is 0 Å². The van der Waals surface area contributed by atoms with Crippen molar-refractivity contribution in [2.75, 3.05) is 13.1 Å². The Morgan fingerprint density at radius 3 is 2.19 bits per heavy atom. The fourth-order valence-electron chi connectivity index (χ4n) is 1.36. The van der Waals surface area contributed by atoms with E-state index in [9.17, 15) is 9.59 Å². The van der Waals surface area contributed by atoms with Crippen LogP contribution in [-0.4, -0.2) is 41.0 Å². The van der Waals surface area contributed by atoms with Crippen LogP contribution in [0.1, 0.15) is 34.1 Å². The molecule has 5 heteroatoms. The van der Waals surface area contributed by atoms with Crippen LogP contribution in [0.15, 0.2) is 0 Å². The molecule has 0 saturated carbocycles. The minimum Gasteiger partial charge on any atom is -0.480 e. The minimum atomic E-state index is -1.00. The topological polar surface area (TPSA) is 83.6 Å². The Morgan fingerprint density at radius 2 is 1.94 bits per heavy atom. The summed E-state index contributed by atoms with van der Waals surface area (Å²) in [7, 11) is 0. The van der Waals surface area contributed by atoms with Gasteiger partial charge < -0.3 is 15.7 Å². The van der Waals surface area contributed by atoms with Gasteiger partial charge in [0, 0.05) is 12.6 Å². The van der Waals surface area contributed by atoms with Crippen LogP contribution in [0.25, 0.3) is 0 Å². The van der Waals surface area contributed by atoms with Gasteiger partial charge in [0.2, 0.25) is 5.91 Å². The molecule has 0 radical (unpaired) electrons. The molecule has 0 aromatic rings. The molecule has 0 spiro atoms. The Hall–Kier alpha value is -1.10. The first kappa shape index (κ1) is 14.9. The molecule has 0 aromatic heterocycles. The molecule has 16 heavy (non-hydrogen) atoms. The highest BCUT2D eigenvalue weighted by Crippen LogP contribution is 2.23. The van der Waals surface area contributed by atoms with E-state index in [0.29, 0.717) is 6.42 Å². The molecule has 1 atom stereocenters. The fraction of sp³-hybridized carbons (Fsp3) is 0.818. The van der Waals surface area contributed by atoms with Gasteiger partial charge in [0.15, 0.2) is 0 Å². The first-order chi connectivity index (χ1) is 7.28. The van der Waals surface area contributed by atoms with E-state index in [4.69, 9.17) is 10.8 Å². The standard InChI is InChI=1S/C11H22N2O3/c1-5-11(4,7-12)10(16)13(8(2)3)6-9(14)15/h8H,5-7,12H2,1-4H3,(H,14,15). The van der Waals surface area contributed by atoms with Gasteiger partial charge in [-0.2, -0.15) is 0 Å². The third-order valence-electron chi connectivity index (χ3n) is 2.94. The Morgan fingerprint density at radius 1 is 1.44 bits per heavy atom. The van der Waals surface area contributed by atoms with Crippen molar-refractivity contribution >= 4 is 11.9 Å². The maximum absolute atomic E-state index is 12.2. The highest BCUT2D eigenvalue weighted by atomic mass is 16.4. The SMILES string of the molecule is CCC(C)(CN)C(=O)N(CC(=O)O)C(C)C. The molecule has 0 aliphatic heterocycles. The summed E-state index contributed by atoms with van der Waals surface area (Å²) in [5.74, 6) is -1.19. The molecule has 1 unspecified atom stereocenters. The van der Waals surface area contributed by atoms with E-state index >= 15 is 0 Å². The fourth-order valence-corrected chi connectivity index (χ4v) is 1.36. The molecule has 94 valence electrons. The van der Waals surface area contributed by atoms with Gasteiger partial charge in [0.1, 0.15) is 6.54 Å². The van der Waals surface area contributed by atoms with Crippen LogP contribution < -0.4 is 5.73 Å². The van der Waals surface area contributed by atoms with Crippen LogP contribution in [-0.2, 0) is 9.59 Å². The molecule has 5 nitrogen and oxygen atoms in total. The Labute approximate surface area is 96.6 Å². The molecular weight excluding hydrogens is 208 g/mol. The summed E-state index contributed by atoms with van der Waals surface area (Å²) < 4.78 is 0. The molecule has 0 bridgehead atoms. The van der Waals surface area contributed by atoms with Crippen LogP contribution in [0.2, 0.25) is 0 Å². The molecule has 0 rings (SSSR count). The zero-order chi connectivity index (χ0) is 12.9. The minimum absolute atomic E-state index is 0.138. The number of carboxylic acid groups (broad SMARTS) is 1. The van der Waals surface area contributed by atoms with Crippen molar-refractivity contribution in [1.82, 2.24) is 4.90 Å².